The maximum atomic E-state index is 9.08. The topological polar surface area (TPSA) is 49.5 Å². The van der Waals surface area contributed by atoms with Crippen molar-refractivity contribution in [2.45, 2.75) is 44.8 Å². The minimum Gasteiger partial charge on any atom is -0.395 e. The molecule has 3 atom stereocenters. The zero-order chi connectivity index (χ0) is 9.14. The van der Waals surface area contributed by atoms with Crippen molar-refractivity contribution in [3.8, 4) is 0 Å². The molecule has 3 nitrogen and oxygen atoms in total. The van der Waals surface area contributed by atoms with Gasteiger partial charge in [-0.2, -0.15) is 0 Å². The van der Waals surface area contributed by atoms with Gasteiger partial charge in [0.05, 0.1) is 6.61 Å². The van der Waals surface area contributed by atoms with E-state index in [4.69, 9.17) is 10.8 Å². The Morgan fingerprint density at radius 2 is 2.25 bits per heavy atom. The van der Waals surface area contributed by atoms with Crippen LogP contribution in [0.1, 0.15) is 26.7 Å². The van der Waals surface area contributed by atoms with Crippen LogP contribution in [0.25, 0.3) is 0 Å². The Morgan fingerprint density at radius 3 is 2.75 bits per heavy atom. The van der Waals surface area contributed by atoms with E-state index in [1.165, 1.54) is 6.42 Å². The highest BCUT2D eigenvalue weighted by molar-refractivity contribution is 4.85. The molecule has 0 aromatic carbocycles. The number of hydrogen-bond acceptors (Lipinski definition) is 3. The highest BCUT2D eigenvalue weighted by atomic mass is 16.3. The molecular formula is C9H20N2O. The van der Waals surface area contributed by atoms with Gasteiger partial charge in [-0.25, -0.2) is 0 Å². The molecule has 3 N–H and O–H groups in total. The Kier molecular flexibility index (Phi) is 3.50. The number of likely N-dealkylation sites (tertiary alicyclic amines) is 1. The van der Waals surface area contributed by atoms with Crippen molar-refractivity contribution in [3.05, 3.63) is 0 Å². The van der Waals surface area contributed by atoms with Crippen molar-refractivity contribution < 1.29 is 5.11 Å². The van der Waals surface area contributed by atoms with Gasteiger partial charge in [-0.15, -0.1) is 0 Å². The Labute approximate surface area is 74.5 Å². The smallest absolute Gasteiger partial charge is 0.0587 e. The van der Waals surface area contributed by atoms with Gasteiger partial charge in [0, 0.05) is 18.1 Å². The van der Waals surface area contributed by atoms with Gasteiger partial charge < -0.3 is 10.8 Å². The molecule has 0 aromatic rings. The van der Waals surface area contributed by atoms with Crippen LogP contribution < -0.4 is 5.73 Å². The molecule has 0 aromatic heterocycles. The van der Waals surface area contributed by atoms with Crippen LogP contribution in [0.2, 0.25) is 0 Å². The highest BCUT2D eigenvalue weighted by Gasteiger charge is 2.29. The molecule has 0 amide bonds. The fourth-order valence-corrected chi connectivity index (χ4v) is 1.89. The first-order chi connectivity index (χ1) is 5.66. The van der Waals surface area contributed by atoms with Crippen LogP contribution in [-0.2, 0) is 0 Å². The molecule has 2 unspecified atom stereocenters. The van der Waals surface area contributed by atoms with Crippen molar-refractivity contribution in [1.29, 1.82) is 0 Å². The zero-order valence-corrected chi connectivity index (χ0v) is 8.03. The largest absolute Gasteiger partial charge is 0.395 e. The van der Waals surface area contributed by atoms with Gasteiger partial charge in [0.2, 0.25) is 0 Å². The average molecular weight is 172 g/mol. The van der Waals surface area contributed by atoms with Crippen LogP contribution in [0.15, 0.2) is 0 Å². The summed E-state index contributed by atoms with van der Waals surface area (Å²) in [5, 5.41) is 9.08. The molecule has 72 valence electrons. The molecule has 1 rings (SSSR count). The standard InChI is InChI=1S/C9H20N2O/c1-7(10)8(2)11-5-3-4-9(11)6-12/h7-9,12H,3-6,10H2,1-2H3/t7?,8?,9-/m1/s1. The van der Waals surface area contributed by atoms with Gasteiger partial charge in [-0.1, -0.05) is 0 Å². The van der Waals surface area contributed by atoms with E-state index < -0.39 is 0 Å². The molecule has 1 saturated heterocycles. The second-order valence-corrected chi connectivity index (χ2v) is 3.82. The lowest BCUT2D eigenvalue weighted by Gasteiger charge is -2.31. The average Bonchev–Trinajstić information content (AvgIpc) is 2.49. The van der Waals surface area contributed by atoms with E-state index in [1.54, 1.807) is 0 Å². The molecule has 0 aliphatic carbocycles. The van der Waals surface area contributed by atoms with Crippen LogP contribution in [0.4, 0.5) is 0 Å². The van der Waals surface area contributed by atoms with Crippen molar-refractivity contribution >= 4 is 0 Å². The summed E-state index contributed by atoms with van der Waals surface area (Å²) in [7, 11) is 0. The Bertz CT molecular complexity index is 138. The van der Waals surface area contributed by atoms with Gasteiger partial charge >= 0.3 is 0 Å². The van der Waals surface area contributed by atoms with Crippen LogP contribution in [0.3, 0.4) is 0 Å². The van der Waals surface area contributed by atoms with Gasteiger partial charge in [-0.05, 0) is 33.2 Å². The fraction of sp³-hybridized carbons (Fsp3) is 1.00. The quantitative estimate of drug-likeness (QED) is 0.638. The van der Waals surface area contributed by atoms with Crippen molar-refractivity contribution in [1.82, 2.24) is 4.90 Å². The molecule has 12 heavy (non-hydrogen) atoms. The van der Waals surface area contributed by atoms with Gasteiger partial charge in [0.25, 0.3) is 0 Å². The van der Waals surface area contributed by atoms with Crippen molar-refractivity contribution in [2.75, 3.05) is 13.2 Å². The first-order valence-corrected chi connectivity index (χ1v) is 4.79. The summed E-state index contributed by atoms with van der Waals surface area (Å²) in [6.07, 6.45) is 2.32. The summed E-state index contributed by atoms with van der Waals surface area (Å²) in [5.74, 6) is 0. The third-order valence-electron chi connectivity index (χ3n) is 2.92. The van der Waals surface area contributed by atoms with Crippen LogP contribution >= 0.6 is 0 Å². The molecular weight excluding hydrogens is 152 g/mol. The third kappa shape index (κ3) is 1.97. The SMILES string of the molecule is CC(N)C(C)N1CCC[C@@H]1CO. The molecule has 1 aliphatic rings. The van der Waals surface area contributed by atoms with E-state index in [-0.39, 0.29) is 12.6 Å². The predicted octanol–water partition coefficient (Wildman–Crippen LogP) is 0.179. The lowest BCUT2D eigenvalue weighted by molar-refractivity contribution is 0.116. The number of nitrogens with zero attached hydrogens (tertiary/aromatic N) is 1. The monoisotopic (exact) mass is 172 g/mol. The Morgan fingerprint density at radius 1 is 1.58 bits per heavy atom. The Hall–Kier alpha value is -0.120. The van der Waals surface area contributed by atoms with E-state index in [2.05, 4.69) is 11.8 Å². The van der Waals surface area contributed by atoms with Crippen LogP contribution in [0.5, 0.6) is 0 Å². The van der Waals surface area contributed by atoms with Crippen molar-refractivity contribution in [3.63, 3.8) is 0 Å². The number of aliphatic hydroxyl groups is 1. The number of rotatable bonds is 3. The van der Waals surface area contributed by atoms with Gasteiger partial charge in [0.15, 0.2) is 0 Å². The summed E-state index contributed by atoms with van der Waals surface area (Å²) in [4.78, 5) is 2.32. The lowest BCUT2D eigenvalue weighted by Crippen LogP contribution is -2.47. The normalized spacial score (nSPS) is 30.5. The molecule has 1 aliphatic heterocycles. The summed E-state index contributed by atoms with van der Waals surface area (Å²) in [6, 6.07) is 0.938. The molecule has 1 heterocycles. The summed E-state index contributed by atoms with van der Waals surface area (Å²) in [6.45, 7) is 5.53. The molecule has 0 bridgehead atoms. The lowest BCUT2D eigenvalue weighted by atomic mass is 10.1. The molecule has 0 radical (unpaired) electrons. The minimum absolute atomic E-state index is 0.192. The minimum atomic E-state index is 0.192. The highest BCUT2D eigenvalue weighted by Crippen LogP contribution is 2.20. The summed E-state index contributed by atoms with van der Waals surface area (Å²) < 4.78 is 0. The first-order valence-electron chi connectivity index (χ1n) is 4.79. The first kappa shape index (κ1) is 9.96. The molecule has 3 heteroatoms. The maximum Gasteiger partial charge on any atom is 0.0587 e. The fourth-order valence-electron chi connectivity index (χ4n) is 1.89. The van der Waals surface area contributed by atoms with Gasteiger partial charge in [-0.3, -0.25) is 4.90 Å². The number of aliphatic hydroxyl groups excluding tert-OH is 1. The zero-order valence-electron chi connectivity index (χ0n) is 8.03. The van der Waals surface area contributed by atoms with Crippen LogP contribution in [0, 0.1) is 0 Å². The number of nitrogens with two attached hydrogens (primary N) is 1. The van der Waals surface area contributed by atoms with E-state index in [9.17, 15) is 0 Å². The maximum absolute atomic E-state index is 9.08. The van der Waals surface area contributed by atoms with E-state index in [0.29, 0.717) is 12.1 Å². The summed E-state index contributed by atoms with van der Waals surface area (Å²) in [5.41, 5.74) is 5.81. The second-order valence-electron chi connectivity index (χ2n) is 3.82. The molecule has 0 saturated carbocycles. The second kappa shape index (κ2) is 4.21. The van der Waals surface area contributed by atoms with E-state index in [1.807, 2.05) is 6.92 Å². The van der Waals surface area contributed by atoms with E-state index >= 15 is 0 Å². The number of hydrogen-bond donors (Lipinski definition) is 2. The van der Waals surface area contributed by atoms with E-state index in [0.717, 1.165) is 13.0 Å². The predicted molar refractivity (Wildman–Crippen MR) is 49.9 cm³/mol. The summed E-state index contributed by atoms with van der Waals surface area (Å²) >= 11 is 0. The third-order valence-corrected chi connectivity index (χ3v) is 2.92. The molecule has 0 spiro atoms. The Balaban J connectivity index is 2.49. The van der Waals surface area contributed by atoms with Gasteiger partial charge in [0.1, 0.15) is 0 Å². The van der Waals surface area contributed by atoms with Crippen LogP contribution in [-0.4, -0.2) is 41.3 Å². The molecule has 1 fully saturated rings. The van der Waals surface area contributed by atoms with Crippen molar-refractivity contribution in [2.24, 2.45) is 5.73 Å².